The topological polar surface area (TPSA) is 57.7 Å². The van der Waals surface area contributed by atoms with Gasteiger partial charge >= 0.3 is 0 Å². The molecule has 1 aliphatic rings. The van der Waals surface area contributed by atoms with Crippen LogP contribution >= 0.6 is 0 Å². The molecule has 0 aromatic heterocycles. The lowest BCUT2D eigenvalue weighted by Crippen LogP contribution is -2.43. The SMILES string of the molecule is CC(C)CN(C)C(=O)C1CCN(S(C)(=O)=O)CC1. The molecule has 5 nitrogen and oxygen atoms in total. The van der Waals surface area contributed by atoms with Gasteiger partial charge in [0.05, 0.1) is 6.26 Å². The zero-order valence-corrected chi connectivity index (χ0v) is 12.5. The van der Waals surface area contributed by atoms with Crippen LogP contribution in [0.4, 0.5) is 0 Å². The van der Waals surface area contributed by atoms with Crippen LogP contribution in [0.25, 0.3) is 0 Å². The zero-order chi connectivity index (χ0) is 13.9. The molecule has 1 rings (SSSR count). The van der Waals surface area contributed by atoms with Gasteiger partial charge in [0.25, 0.3) is 0 Å². The van der Waals surface area contributed by atoms with Crippen molar-refractivity contribution in [1.29, 1.82) is 0 Å². The van der Waals surface area contributed by atoms with Gasteiger partial charge in [0.1, 0.15) is 0 Å². The van der Waals surface area contributed by atoms with E-state index in [1.54, 1.807) is 4.90 Å². The van der Waals surface area contributed by atoms with Gasteiger partial charge in [-0.2, -0.15) is 0 Å². The molecule has 0 saturated carbocycles. The third kappa shape index (κ3) is 4.24. The number of piperidine rings is 1. The smallest absolute Gasteiger partial charge is 0.225 e. The third-order valence-electron chi connectivity index (χ3n) is 3.29. The second-order valence-corrected chi connectivity index (χ2v) is 7.53. The first-order valence-electron chi connectivity index (χ1n) is 6.42. The van der Waals surface area contributed by atoms with Gasteiger partial charge < -0.3 is 4.90 Å². The van der Waals surface area contributed by atoms with E-state index in [2.05, 4.69) is 13.8 Å². The Balaban J connectivity index is 2.50. The fourth-order valence-electron chi connectivity index (χ4n) is 2.38. The summed E-state index contributed by atoms with van der Waals surface area (Å²) in [6.45, 7) is 5.84. The summed E-state index contributed by atoms with van der Waals surface area (Å²) in [6.07, 6.45) is 2.49. The molecule has 0 aromatic carbocycles. The Morgan fingerprint density at radius 3 is 2.22 bits per heavy atom. The molecule has 1 heterocycles. The molecule has 0 N–H and O–H groups in total. The molecule has 18 heavy (non-hydrogen) atoms. The van der Waals surface area contributed by atoms with Crippen LogP contribution in [0.5, 0.6) is 0 Å². The highest BCUT2D eigenvalue weighted by Crippen LogP contribution is 2.21. The Morgan fingerprint density at radius 2 is 1.83 bits per heavy atom. The summed E-state index contributed by atoms with van der Waals surface area (Å²) in [4.78, 5) is 13.9. The molecular formula is C12H24N2O3S. The maximum atomic E-state index is 12.1. The predicted molar refractivity (Wildman–Crippen MR) is 71.6 cm³/mol. The maximum Gasteiger partial charge on any atom is 0.225 e. The van der Waals surface area contributed by atoms with E-state index in [-0.39, 0.29) is 11.8 Å². The minimum absolute atomic E-state index is 0.0215. The first kappa shape index (κ1) is 15.4. The molecule has 0 unspecified atom stereocenters. The lowest BCUT2D eigenvalue weighted by Gasteiger charge is -2.32. The van der Waals surface area contributed by atoms with Crippen molar-refractivity contribution in [2.45, 2.75) is 26.7 Å². The van der Waals surface area contributed by atoms with Crippen LogP contribution in [0.2, 0.25) is 0 Å². The van der Waals surface area contributed by atoms with Crippen LogP contribution in [-0.2, 0) is 14.8 Å². The number of hydrogen-bond donors (Lipinski definition) is 0. The molecule has 0 atom stereocenters. The molecule has 1 aliphatic heterocycles. The van der Waals surface area contributed by atoms with Gasteiger partial charge in [0, 0.05) is 32.6 Å². The van der Waals surface area contributed by atoms with E-state index in [0.29, 0.717) is 31.8 Å². The Morgan fingerprint density at radius 1 is 1.33 bits per heavy atom. The number of hydrogen-bond acceptors (Lipinski definition) is 3. The molecule has 1 saturated heterocycles. The van der Waals surface area contributed by atoms with Crippen LogP contribution < -0.4 is 0 Å². The Kier molecular flexibility index (Phi) is 5.16. The summed E-state index contributed by atoms with van der Waals surface area (Å²) in [5.41, 5.74) is 0. The number of rotatable bonds is 4. The van der Waals surface area contributed by atoms with Crippen molar-refractivity contribution in [1.82, 2.24) is 9.21 Å². The normalized spacial score (nSPS) is 19.2. The summed E-state index contributed by atoms with van der Waals surface area (Å²) in [7, 11) is -1.28. The number of amides is 1. The number of carbonyl (C=O) groups excluding carboxylic acids is 1. The van der Waals surface area contributed by atoms with Gasteiger partial charge in [-0.25, -0.2) is 12.7 Å². The molecule has 0 bridgehead atoms. The number of carbonyl (C=O) groups is 1. The van der Waals surface area contributed by atoms with Crippen molar-refractivity contribution in [3.8, 4) is 0 Å². The second-order valence-electron chi connectivity index (χ2n) is 5.55. The standard InChI is InChI=1S/C12H24N2O3S/c1-10(2)9-13(3)12(15)11-5-7-14(8-6-11)18(4,16)17/h10-11H,5-9H2,1-4H3. The van der Waals surface area contributed by atoms with E-state index in [4.69, 9.17) is 0 Å². The van der Waals surface area contributed by atoms with Crippen molar-refractivity contribution >= 4 is 15.9 Å². The molecule has 106 valence electrons. The lowest BCUT2D eigenvalue weighted by molar-refractivity contribution is -0.135. The first-order valence-corrected chi connectivity index (χ1v) is 8.26. The summed E-state index contributed by atoms with van der Waals surface area (Å²) in [5.74, 6) is 0.582. The average molecular weight is 276 g/mol. The van der Waals surface area contributed by atoms with Gasteiger partial charge in [0.15, 0.2) is 0 Å². The van der Waals surface area contributed by atoms with Crippen molar-refractivity contribution in [2.24, 2.45) is 11.8 Å². The van der Waals surface area contributed by atoms with Crippen LogP contribution in [0, 0.1) is 11.8 Å². The van der Waals surface area contributed by atoms with Crippen molar-refractivity contribution in [3.05, 3.63) is 0 Å². The fraction of sp³-hybridized carbons (Fsp3) is 0.917. The highest BCUT2D eigenvalue weighted by molar-refractivity contribution is 7.88. The minimum atomic E-state index is -3.11. The van der Waals surface area contributed by atoms with Crippen LogP contribution in [0.1, 0.15) is 26.7 Å². The highest BCUT2D eigenvalue weighted by Gasteiger charge is 2.30. The van der Waals surface area contributed by atoms with Gasteiger partial charge in [0.2, 0.25) is 15.9 Å². The fourth-order valence-corrected chi connectivity index (χ4v) is 3.26. The van der Waals surface area contributed by atoms with Crippen molar-refractivity contribution < 1.29 is 13.2 Å². The van der Waals surface area contributed by atoms with Crippen LogP contribution in [-0.4, -0.2) is 56.5 Å². The van der Waals surface area contributed by atoms with Gasteiger partial charge in [-0.1, -0.05) is 13.8 Å². The molecule has 1 amide bonds. The highest BCUT2D eigenvalue weighted by atomic mass is 32.2. The van der Waals surface area contributed by atoms with Crippen LogP contribution in [0.3, 0.4) is 0 Å². The van der Waals surface area contributed by atoms with Gasteiger partial charge in [-0.3, -0.25) is 4.79 Å². The Bertz CT molecular complexity index is 384. The predicted octanol–water partition coefficient (Wildman–Crippen LogP) is 0.772. The molecule has 0 spiro atoms. The summed E-state index contributed by atoms with van der Waals surface area (Å²) in [5, 5.41) is 0. The average Bonchev–Trinajstić information content (AvgIpc) is 2.26. The minimum Gasteiger partial charge on any atom is -0.345 e. The monoisotopic (exact) mass is 276 g/mol. The van der Waals surface area contributed by atoms with Crippen molar-refractivity contribution in [2.75, 3.05) is 32.9 Å². The summed E-state index contributed by atoms with van der Waals surface area (Å²) in [6, 6.07) is 0. The lowest BCUT2D eigenvalue weighted by atomic mass is 9.96. The molecular weight excluding hydrogens is 252 g/mol. The largest absolute Gasteiger partial charge is 0.345 e. The summed E-state index contributed by atoms with van der Waals surface area (Å²) >= 11 is 0. The third-order valence-corrected chi connectivity index (χ3v) is 4.59. The first-order chi connectivity index (χ1) is 8.21. The Hall–Kier alpha value is -0.620. The quantitative estimate of drug-likeness (QED) is 0.762. The van der Waals surface area contributed by atoms with E-state index in [1.165, 1.54) is 10.6 Å². The molecule has 0 aliphatic carbocycles. The van der Waals surface area contributed by atoms with E-state index in [0.717, 1.165) is 6.54 Å². The number of sulfonamides is 1. The van der Waals surface area contributed by atoms with E-state index >= 15 is 0 Å². The van der Waals surface area contributed by atoms with Crippen molar-refractivity contribution in [3.63, 3.8) is 0 Å². The summed E-state index contributed by atoms with van der Waals surface area (Å²) < 4.78 is 24.2. The van der Waals surface area contributed by atoms with E-state index < -0.39 is 10.0 Å². The maximum absolute atomic E-state index is 12.1. The Labute approximate surface area is 110 Å². The molecule has 1 fully saturated rings. The number of nitrogens with zero attached hydrogens (tertiary/aromatic N) is 2. The molecule has 6 heteroatoms. The van der Waals surface area contributed by atoms with Crippen LogP contribution in [0.15, 0.2) is 0 Å². The van der Waals surface area contributed by atoms with Gasteiger partial charge in [-0.15, -0.1) is 0 Å². The zero-order valence-electron chi connectivity index (χ0n) is 11.7. The van der Waals surface area contributed by atoms with Gasteiger partial charge in [-0.05, 0) is 18.8 Å². The second kappa shape index (κ2) is 6.02. The van der Waals surface area contributed by atoms with E-state index in [9.17, 15) is 13.2 Å². The molecule has 0 aromatic rings. The van der Waals surface area contributed by atoms with E-state index in [1.807, 2.05) is 7.05 Å². The molecule has 0 radical (unpaired) electrons.